The molecule has 0 aromatic heterocycles. The lowest BCUT2D eigenvalue weighted by Gasteiger charge is -1.99. The van der Waals surface area contributed by atoms with E-state index in [-0.39, 0.29) is 0 Å². The highest BCUT2D eigenvalue weighted by Gasteiger charge is 2.05. The molecule has 52 valence electrons. The lowest BCUT2D eigenvalue weighted by Crippen LogP contribution is -2.11. The molecule has 0 heterocycles. The van der Waals surface area contributed by atoms with Gasteiger partial charge < -0.3 is 0 Å². The summed E-state index contributed by atoms with van der Waals surface area (Å²) < 4.78 is 25.2. The molecule has 0 amide bonds. The van der Waals surface area contributed by atoms with Crippen molar-refractivity contribution in [2.75, 3.05) is 0 Å². The van der Waals surface area contributed by atoms with E-state index in [2.05, 4.69) is 0 Å². The van der Waals surface area contributed by atoms with Gasteiger partial charge in [-0.3, -0.25) is 0 Å². The highest BCUT2D eigenvalue weighted by atomic mass is 19.2. The largest absolute Gasteiger partial charge is 0.204 e. The molecule has 0 saturated carbocycles. The van der Waals surface area contributed by atoms with Crippen LogP contribution in [0.2, 0.25) is 0 Å². The van der Waals surface area contributed by atoms with Crippen LogP contribution in [0.4, 0.5) is 8.78 Å². The Bertz CT molecular complexity index is 231. The normalized spacial score (nSPS) is 9.90. The summed E-state index contributed by atoms with van der Waals surface area (Å²) in [6.07, 6.45) is 0. The second-order valence-corrected chi connectivity index (χ2v) is 2.33. The van der Waals surface area contributed by atoms with Crippen molar-refractivity contribution in [2.45, 2.75) is 6.92 Å². The Morgan fingerprint density at radius 2 is 1.80 bits per heavy atom. The van der Waals surface area contributed by atoms with Crippen molar-refractivity contribution in [1.29, 1.82) is 0 Å². The SMILES string of the molecule is Bc1ccc(C)c(F)c1F. The van der Waals surface area contributed by atoms with Gasteiger partial charge in [0.1, 0.15) is 7.85 Å². The molecular weight excluding hydrogens is 133 g/mol. The van der Waals surface area contributed by atoms with E-state index in [4.69, 9.17) is 0 Å². The Morgan fingerprint density at radius 1 is 1.20 bits per heavy atom. The van der Waals surface area contributed by atoms with Crippen LogP contribution >= 0.6 is 0 Å². The van der Waals surface area contributed by atoms with Crippen LogP contribution in [0.1, 0.15) is 5.56 Å². The Hall–Kier alpha value is -0.855. The van der Waals surface area contributed by atoms with Gasteiger partial charge in [-0.25, -0.2) is 8.78 Å². The molecule has 0 aliphatic heterocycles. The highest BCUT2D eigenvalue weighted by molar-refractivity contribution is 6.32. The van der Waals surface area contributed by atoms with Crippen molar-refractivity contribution in [3.05, 3.63) is 29.3 Å². The van der Waals surface area contributed by atoms with Crippen LogP contribution in [0.25, 0.3) is 0 Å². The van der Waals surface area contributed by atoms with Crippen molar-refractivity contribution < 1.29 is 8.78 Å². The minimum absolute atomic E-state index is 0.350. The zero-order valence-electron chi connectivity index (χ0n) is 5.91. The molecule has 0 unspecified atom stereocenters. The topological polar surface area (TPSA) is 0 Å². The van der Waals surface area contributed by atoms with Gasteiger partial charge in [-0.05, 0) is 12.5 Å². The van der Waals surface area contributed by atoms with Gasteiger partial charge in [0.05, 0.1) is 0 Å². The molecule has 1 rings (SSSR count). The minimum Gasteiger partial charge on any atom is -0.204 e. The third kappa shape index (κ3) is 1.04. The van der Waals surface area contributed by atoms with E-state index >= 15 is 0 Å². The van der Waals surface area contributed by atoms with Gasteiger partial charge in [0, 0.05) is 0 Å². The molecule has 1 aromatic carbocycles. The summed E-state index contributed by atoms with van der Waals surface area (Å²) in [5, 5.41) is 0. The van der Waals surface area contributed by atoms with Crippen molar-refractivity contribution in [3.63, 3.8) is 0 Å². The fourth-order valence-corrected chi connectivity index (χ4v) is 0.743. The summed E-state index contributed by atoms with van der Waals surface area (Å²) in [6, 6.07) is 3.13. The second-order valence-electron chi connectivity index (χ2n) is 2.33. The molecule has 0 radical (unpaired) electrons. The Balaban J connectivity index is 3.34. The molecule has 0 saturated heterocycles. The fraction of sp³-hybridized carbons (Fsp3) is 0.143. The molecule has 0 N–H and O–H groups in total. The lowest BCUT2D eigenvalue weighted by molar-refractivity contribution is 0.508. The average Bonchev–Trinajstić information content (AvgIpc) is 1.93. The van der Waals surface area contributed by atoms with Gasteiger partial charge in [0.15, 0.2) is 11.6 Å². The number of hydrogen-bond donors (Lipinski definition) is 0. The standard InChI is InChI=1S/C7H7BF2/c1-4-2-3-5(8)7(10)6(4)9/h2-3H,8H2,1H3. The molecule has 0 bridgehead atoms. The molecule has 0 spiro atoms. The maximum absolute atomic E-state index is 12.6. The van der Waals surface area contributed by atoms with Gasteiger partial charge in [-0.1, -0.05) is 17.6 Å². The number of benzene rings is 1. The summed E-state index contributed by atoms with van der Waals surface area (Å²) in [5.41, 5.74) is 0.700. The summed E-state index contributed by atoms with van der Waals surface area (Å²) in [5.74, 6) is -1.47. The van der Waals surface area contributed by atoms with E-state index in [0.717, 1.165) is 0 Å². The number of hydrogen-bond acceptors (Lipinski definition) is 0. The zero-order chi connectivity index (χ0) is 7.72. The van der Waals surface area contributed by atoms with E-state index in [0.29, 0.717) is 11.0 Å². The van der Waals surface area contributed by atoms with Crippen molar-refractivity contribution in [3.8, 4) is 0 Å². The molecule has 1 aromatic rings. The zero-order valence-corrected chi connectivity index (χ0v) is 5.91. The first-order valence-corrected chi connectivity index (χ1v) is 3.04. The predicted molar refractivity (Wildman–Crippen MR) is 39.3 cm³/mol. The van der Waals surface area contributed by atoms with Gasteiger partial charge >= 0.3 is 0 Å². The van der Waals surface area contributed by atoms with E-state index in [1.807, 2.05) is 0 Å². The van der Waals surface area contributed by atoms with Gasteiger partial charge in [-0.2, -0.15) is 0 Å². The summed E-state index contributed by atoms with van der Waals surface area (Å²) in [4.78, 5) is 0. The second kappa shape index (κ2) is 2.41. The Morgan fingerprint density at radius 3 is 2.30 bits per heavy atom. The van der Waals surface area contributed by atoms with Crippen LogP contribution in [0, 0.1) is 18.6 Å². The average molecular weight is 140 g/mol. The summed E-state index contributed by atoms with van der Waals surface area (Å²) in [7, 11) is 1.54. The van der Waals surface area contributed by atoms with Crippen molar-refractivity contribution in [2.24, 2.45) is 0 Å². The Labute approximate surface area is 59.3 Å². The molecule has 0 atom stereocenters. The minimum atomic E-state index is -0.736. The number of aryl methyl sites for hydroxylation is 1. The maximum atomic E-state index is 12.6. The fourth-order valence-electron chi connectivity index (χ4n) is 0.743. The van der Waals surface area contributed by atoms with Gasteiger partial charge in [0.2, 0.25) is 0 Å². The molecule has 3 heteroatoms. The van der Waals surface area contributed by atoms with Gasteiger partial charge in [0.25, 0.3) is 0 Å². The third-order valence-corrected chi connectivity index (χ3v) is 1.47. The number of rotatable bonds is 0. The summed E-state index contributed by atoms with van der Waals surface area (Å²) >= 11 is 0. The highest BCUT2D eigenvalue weighted by Crippen LogP contribution is 2.06. The summed E-state index contributed by atoms with van der Waals surface area (Å²) in [6.45, 7) is 1.54. The first-order chi connectivity index (χ1) is 4.63. The van der Waals surface area contributed by atoms with Crippen LogP contribution in [-0.2, 0) is 0 Å². The van der Waals surface area contributed by atoms with Crippen LogP contribution < -0.4 is 5.46 Å². The molecule has 0 aliphatic carbocycles. The van der Waals surface area contributed by atoms with Crippen LogP contribution in [-0.4, -0.2) is 7.85 Å². The smallest absolute Gasteiger partial charge is 0.161 e. The molecule has 10 heavy (non-hydrogen) atoms. The van der Waals surface area contributed by atoms with E-state index < -0.39 is 11.6 Å². The van der Waals surface area contributed by atoms with Crippen molar-refractivity contribution in [1.82, 2.24) is 0 Å². The van der Waals surface area contributed by atoms with Crippen molar-refractivity contribution >= 4 is 13.3 Å². The van der Waals surface area contributed by atoms with E-state index in [9.17, 15) is 8.78 Å². The molecular formula is C7H7BF2. The van der Waals surface area contributed by atoms with E-state index in [1.54, 1.807) is 12.1 Å². The molecule has 0 aliphatic rings. The predicted octanol–water partition coefficient (Wildman–Crippen LogP) is 0.532. The monoisotopic (exact) mass is 140 g/mol. The van der Waals surface area contributed by atoms with Crippen LogP contribution in [0.3, 0.4) is 0 Å². The Kier molecular flexibility index (Phi) is 1.75. The van der Waals surface area contributed by atoms with Gasteiger partial charge in [-0.15, -0.1) is 0 Å². The lowest BCUT2D eigenvalue weighted by atomic mass is 9.94. The molecule has 0 fully saturated rings. The van der Waals surface area contributed by atoms with Crippen LogP contribution in [0.5, 0.6) is 0 Å². The quantitative estimate of drug-likeness (QED) is 0.461. The number of halogens is 2. The third-order valence-electron chi connectivity index (χ3n) is 1.47. The first-order valence-electron chi connectivity index (χ1n) is 3.04. The van der Waals surface area contributed by atoms with Crippen LogP contribution in [0.15, 0.2) is 12.1 Å². The van der Waals surface area contributed by atoms with E-state index in [1.165, 1.54) is 14.8 Å². The maximum Gasteiger partial charge on any atom is 0.161 e. The molecule has 0 nitrogen and oxygen atoms in total. The first kappa shape index (κ1) is 7.25.